The zero-order valence-corrected chi connectivity index (χ0v) is 12.7. The molecule has 0 spiro atoms. The van der Waals surface area contributed by atoms with Crippen molar-refractivity contribution in [2.75, 3.05) is 26.8 Å². The van der Waals surface area contributed by atoms with Crippen LogP contribution in [-0.4, -0.2) is 37.7 Å². The lowest BCUT2D eigenvalue weighted by atomic mass is 9.93. The molecule has 3 heteroatoms. The van der Waals surface area contributed by atoms with Gasteiger partial charge >= 0.3 is 0 Å². The molecule has 0 aliphatic heterocycles. The summed E-state index contributed by atoms with van der Waals surface area (Å²) in [4.78, 5) is 2.42. The van der Waals surface area contributed by atoms with E-state index in [-0.39, 0.29) is 12.1 Å². The molecule has 2 N–H and O–H groups in total. The summed E-state index contributed by atoms with van der Waals surface area (Å²) < 4.78 is 5.22. The number of ether oxygens (including phenoxy) is 1. The third-order valence-electron chi connectivity index (χ3n) is 3.77. The summed E-state index contributed by atoms with van der Waals surface area (Å²) in [6.07, 6.45) is 0.975. The highest BCUT2D eigenvalue weighted by Crippen LogP contribution is 2.27. The SMILES string of the molecule is CCC(N)C(c1ccccc1C)N(CC)CCOC. The number of nitrogens with zero attached hydrogens (tertiary/aromatic N) is 1. The zero-order chi connectivity index (χ0) is 14.3. The molecule has 2 unspecified atom stereocenters. The summed E-state index contributed by atoms with van der Waals surface area (Å²) in [5.41, 5.74) is 9.04. The van der Waals surface area contributed by atoms with Crippen molar-refractivity contribution in [2.45, 2.75) is 39.3 Å². The normalized spacial score (nSPS) is 14.6. The third-order valence-corrected chi connectivity index (χ3v) is 3.77. The Bertz CT molecular complexity index is 368. The molecule has 3 nitrogen and oxygen atoms in total. The average molecular weight is 264 g/mol. The smallest absolute Gasteiger partial charge is 0.0589 e. The van der Waals surface area contributed by atoms with E-state index in [0.717, 1.165) is 26.1 Å². The Morgan fingerprint density at radius 3 is 2.47 bits per heavy atom. The molecule has 0 saturated heterocycles. The van der Waals surface area contributed by atoms with E-state index in [1.165, 1.54) is 11.1 Å². The highest BCUT2D eigenvalue weighted by atomic mass is 16.5. The first-order valence-electron chi connectivity index (χ1n) is 7.19. The van der Waals surface area contributed by atoms with Gasteiger partial charge in [0.15, 0.2) is 0 Å². The minimum absolute atomic E-state index is 0.151. The lowest BCUT2D eigenvalue weighted by molar-refractivity contribution is 0.112. The first-order chi connectivity index (χ1) is 9.15. The highest BCUT2D eigenvalue weighted by molar-refractivity contribution is 5.30. The average Bonchev–Trinajstić information content (AvgIpc) is 2.44. The summed E-state index contributed by atoms with van der Waals surface area (Å²) in [7, 11) is 1.75. The second-order valence-corrected chi connectivity index (χ2v) is 4.99. The van der Waals surface area contributed by atoms with Gasteiger partial charge in [0.05, 0.1) is 12.6 Å². The van der Waals surface area contributed by atoms with Gasteiger partial charge in [-0.1, -0.05) is 38.1 Å². The van der Waals surface area contributed by atoms with Crippen LogP contribution in [0.2, 0.25) is 0 Å². The Morgan fingerprint density at radius 1 is 1.26 bits per heavy atom. The number of rotatable bonds is 8. The van der Waals surface area contributed by atoms with Crippen molar-refractivity contribution in [1.82, 2.24) is 4.90 Å². The van der Waals surface area contributed by atoms with Crippen molar-refractivity contribution < 1.29 is 4.74 Å². The van der Waals surface area contributed by atoms with Gasteiger partial charge in [0.1, 0.15) is 0 Å². The molecule has 0 radical (unpaired) electrons. The van der Waals surface area contributed by atoms with E-state index in [9.17, 15) is 0 Å². The second kappa shape index (κ2) is 8.31. The van der Waals surface area contributed by atoms with Crippen LogP contribution in [0.4, 0.5) is 0 Å². The number of nitrogens with two attached hydrogens (primary N) is 1. The van der Waals surface area contributed by atoms with Crippen molar-refractivity contribution >= 4 is 0 Å². The fraction of sp³-hybridized carbons (Fsp3) is 0.625. The number of hydrogen-bond donors (Lipinski definition) is 1. The summed E-state index contributed by atoms with van der Waals surface area (Å²) >= 11 is 0. The monoisotopic (exact) mass is 264 g/mol. The van der Waals surface area contributed by atoms with Crippen molar-refractivity contribution in [1.29, 1.82) is 0 Å². The van der Waals surface area contributed by atoms with E-state index < -0.39 is 0 Å². The molecule has 1 rings (SSSR count). The molecule has 1 aromatic rings. The summed E-state index contributed by atoms with van der Waals surface area (Å²) in [6, 6.07) is 8.96. The topological polar surface area (TPSA) is 38.5 Å². The van der Waals surface area contributed by atoms with Gasteiger partial charge in [0, 0.05) is 19.7 Å². The van der Waals surface area contributed by atoms with Gasteiger partial charge in [-0.15, -0.1) is 0 Å². The second-order valence-electron chi connectivity index (χ2n) is 4.99. The van der Waals surface area contributed by atoms with Gasteiger partial charge in [-0.05, 0) is 31.0 Å². The summed E-state index contributed by atoms with van der Waals surface area (Å²) in [5.74, 6) is 0. The van der Waals surface area contributed by atoms with E-state index in [4.69, 9.17) is 10.5 Å². The van der Waals surface area contributed by atoms with Crippen molar-refractivity contribution in [3.8, 4) is 0 Å². The number of hydrogen-bond acceptors (Lipinski definition) is 3. The molecule has 0 fully saturated rings. The number of benzene rings is 1. The molecule has 19 heavy (non-hydrogen) atoms. The lowest BCUT2D eigenvalue weighted by Crippen LogP contribution is -2.42. The van der Waals surface area contributed by atoms with Crippen LogP contribution in [-0.2, 0) is 4.74 Å². The Balaban J connectivity index is 3.03. The standard InChI is InChI=1S/C16H28N2O/c1-5-15(17)16(18(6-2)11-12-19-4)14-10-8-7-9-13(14)3/h7-10,15-16H,5-6,11-12,17H2,1-4H3. The Labute approximate surface area is 117 Å². The van der Waals surface area contributed by atoms with Crippen molar-refractivity contribution in [3.05, 3.63) is 35.4 Å². The van der Waals surface area contributed by atoms with E-state index in [1.807, 2.05) is 0 Å². The predicted octanol–water partition coefficient (Wildman–Crippen LogP) is 2.74. The Kier molecular flexibility index (Phi) is 7.06. The van der Waals surface area contributed by atoms with Crippen LogP contribution in [0.3, 0.4) is 0 Å². The summed E-state index contributed by atoms with van der Waals surface area (Å²) in [6.45, 7) is 9.14. The van der Waals surface area contributed by atoms with Crippen LogP contribution >= 0.6 is 0 Å². The lowest BCUT2D eigenvalue weighted by Gasteiger charge is -2.35. The Hall–Kier alpha value is -0.900. The van der Waals surface area contributed by atoms with Crippen LogP contribution in [0.15, 0.2) is 24.3 Å². The molecular weight excluding hydrogens is 236 g/mol. The predicted molar refractivity (Wildman–Crippen MR) is 81.3 cm³/mol. The number of methoxy groups -OCH3 is 1. The van der Waals surface area contributed by atoms with Crippen molar-refractivity contribution in [2.24, 2.45) is 5.73 Å². The van der Waals surface area contributed by atoms with Gasteiger partial charge in [-0.3, -0.25) is 4.90 Å². The molecule has 108 valence electrons. The molecule has 1 aromatic carbocycles. The molecule has 0 amide bonds. The van der Waals surface area contributed by atoms with Crippen molar-refractivity contribution in [3.63, 3.8) is 0 Å². The molecule has 0 bridgehead atoms. The van der Waals surface area contributed by atoms with E-state index >= 15 is 0 Å². The van der Waals surface area contributed by atoms with Crippen LogP contribution < -0.4 is 5.73 Å². The largest absolute Gasteiger partial charge is 0.383 e. The van der Waals surface area contributed by atoms with E-state index in [1.54, 1.807) is 7.11 Å². The minimum Gasteiger partial charge on any atom is -0.383 e. The fourth-order valence-corrected chi connectivity index (χ4v) is 2.54. The van der Waals surface area contributed by atoms with Crippen LogP contribution in [0, 0.1) is 6.92 Å². The van der Waals surface area contributed by atoms with Gasteiger partial charge in [-0.2, -0.15) is 0 Å². The number of likely N-dealkylation sites (N-methyl/N-ethyl adjacent to an activating group) is 1. The molecule has 0 aliphatic rings. The zero-order valence-electron chi connectivity index (χ0n) is 12.7. The van der Waals surface area contributed by atoms with Gasteiger partial charge in [0.25, 0.3) is 0 Å². The van der Waals surface area contributed by atoms with Crippen LogP contribution in [0.5, 0.6) is 0 Å². The highest BCUT2D eigenvalue weighted by Gasteiger charge is 2.25. The molecule has 0 heterocycles. The first kappa shape index (κ1) is 16.2. The van der Waals surface area contributed by atoms with Gasteiger partial charge in [-0.25, -0.2) is 0 Å². The minimum atomic E-state index is 0.151. The van der Waals surface area contributed by atoms with Crippen LogP contribution in [0.25, 0.3) is 0 Å². The Morgan fingerprint density at radius 2 is 1.95 bits per heavy atom. The van der Waals surface area contributed by atoms with Crippen LogP contribution in [0.1, 0.15) is 37.4 Å². The maximum atomic E-state index is 6.38. The molecule has 0 aliphatic carbocycles. The van der Waals surface area contributed by atoms with E-state index in [2.05, 4.69) is 49.9 Å². The maximum Gasteiger partial charge on any atom is 0.0589 e. The fourth-order valence-electron chi connectivity index (χ4n) is 2.54. The first-order valence-corrected chi connectivity index (χ1v) is 7.19. The molecule has 2 atom stereocenters. The summed E-state index contributed by atoms with van der Waals surface area (Å²) in [5, 5.41) is 0. The third kappa shape index (κ3) is 4.30. The molecule has 0 aromatic heterocycles. The van der Waals surface area contributed by atoms with Gasteiger partial charge in [0.2, 0.25) is 0 Å². The number of aryl methyl sites for hydroxylation is 1. The van der Waals surface area contributed by atoms with Gasteiger partial charge < -0.3 is 10.5 Å². The molecule has 0 saturated carbocycles. The maximum absolute atomic E-state index is 6.38. The van der Waals surface area contributed by atoms with E-state index in [0.29, 0.717) is 0 Å². The quantitative estimate of drug-likeness (QED) is 0.784. The molecular formula is C16H28N2O.